The summed E-state index contributed by atoms with van der Waals surface area (Å²) in [6.45, 7) is 7.97. The normalized spacial score (nSPS) is 10.3. The van der Waals surface area contributed by atoms with Crippen molar-refractivity contribution >= 4 is 11.5 Å². The molecule has 0 radical (unpaired) electrons. The molecule has 120 valence electrons. The summed E-state index contributed by atoms with van der Waals surface area (Å²) < 4.78 is 7.39. The number of carbonyl (C=O) groups is 1. The van der Waals surface area contributed by atoms with E-state index in [4.69, 9.17) is 4.74 Å². The lowest BCUT2D eigenvalue weighted by Crippen LogP contribution is -2.13. The zero-order chi connectivity index (χ0) is 17.0. The van der Waals surface area contributed by atoms with Crippen LogP contribution >= 0.6 is 0 Å². The summed E-state index contributed by atoms with van der Waals surface area (Å²) in [5.41, 5.74) is 2.35. The smallest absolute Gasteiger partial charge is 0.273 e. The molecule has 0 aliphatic heterocycles. The van der Waals surface area contributed by atoms with Crippen LogP contribution in [-0.4, -0.2) is 21.9 Å². The molecule has 0 saturated heterocycles. The quantitative estimate of drug-likeness (QED) is 0.339. The van der Waals surface area contributed by atoms with Crippen molar-refractivity contribution in [2.45, 2.75) is 20.4 Å². The van der Waals surface area contributed by atoms with Gasteiger partial charge in [0.1, 0.15) is 5.75 Å². The van der Waals surface area contributed by atoms with E-state index in [1.165, 1.54) is 18.2 Å². The molecule has 0 spiro atoms. The zero-order valence-electron chi connectivity index (χ0n) is 13.1. The van der Waals surface area contributed by atoms with Crippen LogP contribution in [0.4, 0.5) is 5.69 Å². The maximum Gasteiger partial charge on any atom is 0.273 e. The fourth-order valence-electron chi connectivity index (χ4n) is 2.41. The molecule has 0 N–H and O–H groups in total. The maximum atomic E-state index is 12.3. The minimum absolute atomic E-state index is 0.0703. The van der Waals surface area contributed by atoms with E-state index in [1.807, 2.05) is 24.5 Å². The lowest BCUT2D eigenvalue weighted by molar-refractivity contribution is -0.384. The van der Waals surface area contributed by atoms with Gasteiger partial charge < -0.3 is 9.30 Å². The molecule has 0 bridgehead atoms. The van der Waals surface area contributed by atoms with Crippen molar-refractivity contribution in [3.63, 3.8) is 0 Å². The highest BCUT2D eigenvalue weighted by molar-refractivity contribution is 5.98. The fraction of sp³-hybridized carbons (Fsp3) is 0.235. The van der Waals surface area contributed by atoms with Crippen molar-refractivity contribution < 1.29 is 14.5 Å². The topological polar surface area (TPSA) is 74.4 Å². The van der Waals surface area contributed by atoms with Crippen LogP contribution in [0.1, 0.15) is 21.7 Å². The molecule has 6 nitrogen and oxygen atoms in total. The molecule has 0 saturated carbocycles. The van der Waals surface area contributed by atoms with Crippen LogP contribution in [0, 0.1) is 24.0 Å². The first-order chi connectivity index (χ1) is 10.9. The Hall–Kier alpha value is -2.89. The molecule has 0 atom stereocenters. The Kier molecular flexibility index (Phi) is 4.95. The lowest BCUT2D eigenvalue weighted by atomic mass is 10.1. The summed E-state index contributed by atoms with van der Waals surface area (Å²) in [5, 5.41) is 10.7. The first-order valence-corrected chi connectivity index (χ1v) is 7.12. The van der Waals surface area contributed by atoms with E-state index in [1.54, 1.807) is 12.1 Å². The number of hydrogen-bond acceptors (Lipinski definition) is 4. The number of hydrogen-bond donors (Lipinski definition) is 0. The monoisotopic (exact) mass is 314 g/mol. The van der Waals surface area contributed by atoms with Crippen LogP contribution in [0.5, 0.6) is 5.75 Å². The van der Waals surface area contributed by atoms with Gasteiger partial charge in [-0.1, -0.05) is 12.1 Å². The van der Waals surface area contributed by atoms with Gasteiger partial charge >= 0.3 is 0 Å². The summed E-state index contributed by atoms with van der Waals surface area (Å²) >= 11 is 0. The highest BCUT2D eigenvalue weighted by atomic mass is 16.6. The molecule has 1 aromatic carbocycles. The number of Topliss-reactive ketones (excluding diaryl/α,β-unsaturated/α-hetero) is 1. The highest BCUT2D eigenvalue weighted by Gasteiger charge is 2.16. The second kappa shape index (κ2) is 6.91. The number of aromatic nitrogens is 1. The Labute approximate surface area is 134 Å². The third-order valence-electron chi connectivity index (χ3n) is 3.58. The summed E-state index contributed by atoms with van der Waals surface area (Å²) in [4.78, 5) is 22.6. The van der Waals surface area contributed by atoms with Crippen molar-refractivity contribution in [2.24, 2.45) is 0 Å². The standard InChI is InChI=1S/C17H18N2O4/c1-4-8-18-12(2)9-16(13(18)3)17(20)11-23-15-7-5-6-14(10-15)19(21)22/h4-7,9-10H,1,8,11H2,2-3H3. The number of aryl methyl sites for hydroxylation is 1. The molecule has 2 rings (SSSR count). The fourth-order valence-corrected chi connectivity index (χ4v) is 2.41. The molecule has 0 aliphatic carbocycles. The number of carbonyl (C=O) groups excluding carboxylic acids is 1. The molecule has 1 aromatic heterocycles. The predicted molar refractivity (Wildman–Crippen MR) is 87.0 cm³/mol. The molecule has 0 amide bonds. The van der Waals surface area contributed by atoms with Crippen molar-refractivity contribution in [3.05, 3.63) is 70.1 Å². The molecule has 6 heteroatoms. The molecule has 0 fully saturated rings. The van der Waals surface area contributed by atoms with Crippen LogP contribution in [-0.2, 0) is 6.54 Å². The van der Waals surface area contributed by atoms with Crippen LogP contribution in [0.25, 0.3) is 0 Å². The van der Waals surface area contributed by atoms with Gasteiger partial charge in [-0.25, -0.2) is 0 Å². The number of allylic oxidation sites excluding steroid dienone is 1. The van der Waals surface area contributed by atoms with Crippen LogP contribution < -0.4 is 4.74 Å². The van der Waals surface area contributed by atoms with Crippen LogP contribution in [0.15, 0.2) is 43.0 Å². The Morgan fingerprint density at radius 2 is 2.13 bits per heavy atom. The number of ether oxygens (including phenoxy) is 1. The maximum absolute atomic E-state index is 12.3. The van der Waals surface area contributed by atoms with Crippen LogP contribution in [0.2, 0.25) is 0 Å². The van der Waals surface area contributed by atoms with Gasteiger partial charge in [0.2, 0.25) is 5.78 Å². The van der Waals surface area contributed by atoms with E-state index >= 15 is 0 Å². The number of benzene rings is 1. The number of rotatable bonds is 7. The minimum Gasteiger partial charge on any atom is -0.485 e. The van der Waals surface area contributed by atoms with Gasteiger partial charge in [0, 0.05) is 29.6 Å². The highest BCUT2D eigenvalue weighted by Crippen LogP contribution is 2.20. The molecule has 0 unspecified atom stereocenters. The number of nitrogens with zero attached hydrogens (tertiary/aromatic N) is 2. The Balaban J connectivity index is 2.11. The predicted octanol–water partition coefficient (Wildman–Crippen LogP) is 3.46. The van der Waals surface area contributed by atoms with Crippen molar-refractivity contribution in [1.82, 2.24) is 4.57 Å². The summed E-state index contributed by atoms with van der Waals surface area (Å²) in [7, 11) is 0. The van der Waals surface area contributed by atoms with E-state index < -0.39 is 4.92 Å². The van der Waals surface area contributed by atoms with Gasteiger partial charge in [-0.15, -0.1) is 6.58 Å². The second-order valence-electron chi connectivity index (χ2n) is 5.15. The SMILES string of the molecule is C=CCn1c(C)cc(C(=O)COc2cccc([N+](=O)[O-])c2)c1C. The number of non-ortho nitro benzene ring substituents is 1. The third kappa shape index (κ3) is 3.66. The van der Waals surface area contributed by atoms with Gasteiger partial charge in [-0.05, 0) is 26.0 Å². The van der Waals surface area contributed by atoms with Crippen molar-refractivity contribution in [3.8, 4) is 5.75 Å². The summed E-state index contributed by atoms with van der Waals surface area (Å²) in [5.74, 6) is 0.132. The van der Waals surface area contributed by atoms with E-state index in [-0.39, 0.29) is 18.1 Å². The van der Waals surface area contributed by atoms with Gasteiger partial charge in [0.05, 0.1) is 11.0 Å². The van der Waals surface area contributed by atoms with Gasteiger partial charge in [-0.2, -0.15) is 0 Å². The largest absolute Gasteiger partial charge is 0.485 e. The molecule has 1 heterocycles. The number of nitro groups is 1. The summed E-state index contributed by atoms with van der Waals surface area (Å²) in [6, 6.07) is 7.60. The first-order valence-electron chi connectivity index (χ1n) is 7.12. The average Bonchev–Trinajstić information content (AvgIpc) is 2.81. The minimum atomic E-state index is -0.502. The number of nitro benzene ring substituents is 1. The van der Waals surface area contributed by atoms with Crippen molar-refractivity contribution in [2.75, 3.05) is 6.61 Å². The van der Waals surface area contributed by atoms with E-state index in [0.29, 0.717) is 17.9 Å². The number of ketones is 1. The molecular weight excluding hydrogens is 296 g/mol. The Morgan fingerprint density at radius 3 is 2.78 bits per heavy atom. The average molecular weight is 314 g/mol. The van der Waals surface area contributed by atoms with Crippen LogP contribution in [0.3, 0.4) is 0 Å². The zero-order valence-corrected chi connectivity index (χ0v) is 13.1. The third-order valence-corrected chi connectivity index (χ3v) is 3.58. The lowest BCUT2D eigenvalue weighted by Gasteiger charge is -2.07. The molecular formula is C17H18N2O4. The first kappa shape index (κ1) is 16.5. The van der Waals surface area contributed by atoms with E-state index in [0.717, 1.165) is 11.4 Å². The second-order valence-corrected chi connectivity index (χ2v) is 5.15. The van der Waals surface area contributed by atoms with Gasteiger partial charge in [-0.3, -0.25) is 14.9 Å². The molecule has 23 heavy (non-hydrogen) atoms. The van der Waals surface area contributed by atoms with Gasteiger partial charge in [0.15, 0.2) is 6.61 Å². The van der Waals surface area contributed by atoms with Gasteiger partial charge in [0.25, 0.3) is 5.69 Å². The van der Waals surface area contributed by atoms with E-state index in [9.17, 15) is 14.9 Å². The molecule has 0 aliphatic rings. The summed E-state index contributed by atoms with van der Waals surface area (Å²) in [6.07, 6.45) is 1.77. The van der Waals surface area contributed by atoms with Crippen molar-refractivity contribution in [1.29, 1.82) is 0 Å². The van der Waals surface area contributed by atoms with E-state index in [2.05, 4.69) is 6.58 Å². The molecule has 2 aromatic rings. The Morgan fingerprint density at radius 1 is 1.39 bits per heavy atom. The Bertz CT molecular complexity index is 762.